The molecule has 0 aliphatic heterocycles. The minimum atomic E-state index is -0.196. The molecule has 0 unspecified atom stereocenters. The van der Waals surface area contributed by atoms with Crippen molar-refractivity contribution in [2.24, 2.45) is 0 Å². The van der Waals surface area contributed by atoms with Crippen molar-refractivity contribution in [3.8, 4) is 11.4 Å². The van der Waals surface area contributed by atoms with Crippen molar-refractivity contribution in [1.29, 1.82) is 0 Å². The molecule has 5 nitrogen and oxygen atoms in total. The van der Waals surface area contributed by atoms with Crippen LogP contribution in [0.2, 0.25) is 5.02 Å². The molecule has 0 bridgehead atoms. The first-order valence-corrected chi connectivity index (χ1v) is 9.76. The maximum absolute atomic E-state index is 12.2. The number of carbonyl (C=O) groups excluding carboxylic acids is 1. The third-order valence-corrected chi connectivity index (χ3v) is 4.87. The molecular weight excluding hydrogens is 404 g/mol. The van der Waals surface area contributed by atoms with Crippen LogP contribution in [0.4, 0.5) is 5.69 Å². The summed E-state index contributed by atoms with van der Waals surface area (Å²) in [6.07, 6.45) is 0.245. The molecule has 1 aromatic heterocycles. The average Bonchev–Trinajstić information content (AvgIpc) is 3.14. The van der Waals surface area contributed by atoms with Crippen LogP contribution >= 0.6 is 23.8 Å². The number of nitrogens with zero attached hydrogens (tertiary/aromatic N) is 1. The summed E-state index contributed by atoms with van der Waals surface area (Å²) >= 11 is 11.6. The Balaban J connectivity index is 1.47. The zero-order valence-corrected chi connectivity index (χ0v) is 16.8. The molecule has 0 aliphatic carbocycles. The topological polar surface area (TPSA) is 69.8 Å². The van der Waals surface area contributed by atoms with Crippen LogP contribution in [-0.4, -0.2) is 21.0 Å². The number of H-pyrrole nitrogens is 1. The normalized spacial score (nSPS) is 10.7. The van der Waals surface area contributed by atoms with E-state index in [4.69, 9.17) is 23.8 Å². The number of hydrogen-bond acceptors (Lipinski definition) is 3. The van der Waals surface area contributed by atoms with E-state index in [0.717, 1.165) is 28.0 Å². The van der Waals surface area contributed by atoms with Crippen molar-refractivity contribution in [2.75, 3.05) is 5.32 Å². The number of aromatic nitrogens is 2. The van der Waals surface area contributed by atoms with E-state index < -0.39 is 0 Å². The summed E-state index contributed by atoms with van der Waals surface area (Å²) in [5.74, 6) is 0.531. The van der Waals surface area contributed by atoms with Gasteiger partial charge in [0, 0.05) is 5.56 Å². The van der Waals surface area contributed by atoms with Crippen molar-refractivity contribution < 1.29 is 4.79 Å². The third-order valence-electron chi connectivity index (χ3n) is 4.34. The Morgan fingerprint density at radius 3 is 2.59 bits per heavy atom. The van der Waals surface area contributed by atoms with Crippen molar-refractivity contribution >= 4 is 51.6 Å². The lowest BCUT2D eigenvalue weighted by molar-refractivity contribution is -0.119. The van der Waals surface area contributed by atoms with Crippen molar-refractivity contribution in [3.63, 3.8) is 0 Å². The van der Waals surface area contributed by atoms with Crippen molar-refractivity contribution in [1.82, 2.24) is 15.3 Å². The predicted molar refractivity (Wildman–Crippen MR) is 121 cm³/mol. The van der Waals surface area contributed by atoms with E-state index in [-0.39, 0.29) is 17.4 Å². The molecule has 0 spiro atoms. The van der Waals surface area contributed by atoms with Gasteiger partial charge in [-0.2, -0.15) is 0 Å². The number of rotatable bonds is 4. The summed E-state index contributed by atoms with van der Waals surface area (Å²) in [5, 5.41) is 6.36. The number of amides is 1. The van der Waals surface area contributed by atoms with Gasteiger partial charge in [0.1, 0.15) is 5.82 Å². The van der Waals surface area contributed by atoms with Gasteiger partial charge in [-0.3, -0.25) is 4.79 Å². The number of para-hydroxylation sites is 2. The Kier molecular flexibility index (Phi) is 5.55. The Morgan fingerprint density at radius 2 is 1.79 bits per heavy atom. The largest absolute Gasteiger partial charge is 0.338 e. The molecule has 4 rings (SSSR count). The van der Waals surface area contributed by atoms with Gasteiger partial charge in [-0.1, -0.05) is 54.1 Å². The van der Waals surface area contributed by atoms with Gasteiger partial charge < -0.3 is 15.6 Å². The number of benzene rings is 3. The highest BCUT2D eigenvalue weighted by atomic mass is 35.5. The average molecular weight is 421 g/mol. The highest BCUT2D eigenvalue weighted by molar-refractivity contribution is 7.80. The van der Waals surface area contributed by atoms with Crippen LogP contribution in [0, 0.1) is 0 Å². The number of nitrogens with one attached hydrogen (secondary N) is 3. The number of fused-ring (bicyclic) bond motifs is 1. The molecule has 29 heavy (non-hydrogen) atoms. The minimum absolute atomic E-state index is 0.189. The molecule has 0 atom stereocenters. The minimum Gasteiger partial charge on any atom is -0.338 e. The summed E-state index contributed by atoms with van der Waals surface area (Å²) in [7, 11) is 0. The summed E-state index contributed by atoms with van der Waals surface area (Å²) in [6, 6.07) is 22.8. The summed E-state index contributed by atoms with van der Waals surface area (Å²) < 4.78 is 0. The van der Waals surface area contributed by atoms with E-state index in [9.17, 15) is 4.79 Å². The van der Waals surface area contributed by atoms with Gasteiger partial charge in [-0.25, -0.2) is 4.98 Å². The molecule has 1 amide bonds. The van der Waals surface area contributed by atoms with Crippen LogP contribution in [-0.2, 0) is 11.2 Å². The van der Waals surface area contributed by atoms with E-state index in [2.05, 4.69) is 20.6 Å². The van der Waals surface area contributed by atoms with Gasteiger partial charge in [-0.05, 0) is 48.1 Å². The lowest BCUT2D eigenvalue weighted by atomic mass is 10.1. The molecular formula is C22H17ClN4OS. The van der Waals surface area contributed by atoms with Crippen LogP contribution in [0.5, 0.6) is 0 Å². The van der Waals surface area contributed by atoms with E-state index in [1.165, 1.54) is 0 Å². The summed E-state index contributed by atoms with van der Waals surface area (Å²) in [5.41, 5.74) is 4.20. The maximum Gasteiger partial charge on any atom is 0.230 e. The Hall–Kier alpha value is -3.22. The van der Waals surface area contributed by atoms with Gasteiger partial charge in [0.15, 0.2) is 5.11 Å². The van der Waals surface area contributed by atoms with Crippen LogP contribution in [0.1, 0.15) is 5.56 Å². The number of imidazole rings is 1. The predicted octanol–water partition coefficient (Wildman–Crippen LogP) is 4.94. The molecule has 0 aliphatic rings. The second kappa shape index (κ2) is 8.43. The molecule has 3 aromatic carbocycles. The molecule has 0 radical (unpaired) electrons. The fourth-order valence-corrected chi connectivity index (χ4v) is 3.35. The number of thiocarbonyl (C=S) groups is 1. The second-order valence-electron chi connectivity index (χ2n) is 6.46. The highest BCUT2D eigenvalue weighted by Crippen LogP contribution is 2.28. The molecule has 0 fully saturated rings. The van der Waals surface area contributed by atoms with Gasteiger partial charge in [0.05, 0.1) is 28.2 Å². The van der Waals surface area contributed by atoms with Gasteiger partial charge in [0.2, 0.25) is 5.91 Å². The SMILES string of the molecule is O=C(Cc1ccccc1)NC(=S)Nc1cc(-c2nc3ccccc3[nH]2)ccc1Cl. The number of halogens is 1. The second-order valence-corrected chi connectivity index (χ2v) is 7.28. The zero-order valence-electron chi connectivity index (χ0n) is 15.3. The van der Waals surface area contributed by atoms with Crippen molar-refractivity contribution in [3.05, 3.63) is 83.4 Å². The van der Waals surface area contributed by atoms with E-state index >= 15 is 0 Å². The standard InChI is InChI=1S/C22H17ClN4OS/c23-16-11-10-15(21-24-17-8-4-5-9-18(17)25-21)13-19(16)26-22(29)27-20(28)12-14-6-2-1-3-7-14/h1-11,13H,12H2,(H,24,25)(H2,26,27,28,29). The quantitative estimate of drug-likeness (QED) is 0.409. The fourth-order valence-electron chi connectivity index (χ4n) is 2.96. The van der Waals surface area contributed by atoms with Crippen molar-refractivity contribution in [2.45, 2.75) is 6.42 Å². The number of carbonyl (C=O) groups is 1. The van der Waals surface area contributed by atoms with E-state index in [0.29, 0.717) is 10.7 Å². The smallest absolute Gasteiger partial charge is 0.230 e. The molecule has 4 aromatic rings. The highest BCUT2D eigenvalue weighted by Gasteiger charge is 2.11. The molecule has 3 N–H and O–H groups in total. The van der Waals surface area contributed by atoms with Gasteiger partial charge in [-0.15, -0.1) is 0 Å². The molecule has 1 heterocycles. The van der Waals surface area contributed by atoms with Crippen LogP contribution < -0.4 is 10.6 Å². The first-order chi connectivity index (χ1) is 14.1. The Morgan fingerprint density at radius 1 is 1.03 bits per heavy atom. The first kappa shape index (κ1) is 19.1. The third kappa shape index (κ3) is 4.62. The van der Waals surface area contributed by atoms with Crippen LogP contribution in [0.25, 0.3) is 22.4 Å². The van der Waals surface area contributed by atoms with Crippen LogP contribution in [0.15, 0.2) is 72.8 Å². The molecule has 144 valence electrons. The summed E-state index contributed by atoms with van der Waals surface area (Å²) in [4.78, 5) is 20.1. The van der Waals surface area contributed by atoms with E-state index in [1.807, 2.05) is 66.7 Å². The Bertz CT molecular complexity index is 1160. The monoisotopic (exact) mass is 420 g/mol. The molecule has 0 saturated heterocycles. The molecule has 7 heteroatoms. The number of anilines is 1. The number of hydrogen-bond donors (Lipinski definition) is 3. The number of aromatic amines is 1. The van der Waals surface area contributed by atoms with E-state index in [1.54, 1.807) is 6.07 Å². The first-order valence-electron chi connectivity index (χ1n) is 8.98. The molecule has 0 saturated carbocycles. The summed E-state index contributed by atoms with van der Waals surface area (Å²) in [6.45, 7) is 0. The van der Waals surface area contributed by atoms with Gasteiger partial charge in [0.25, 0.3) is 0 Å². The zero-order chi connectivity index (χ0) is 20.2. The lowest BCUT2D eigenvalue weighted by Crippen LogP contribution is -2.35. The van der Waals surface area contributed by atoms with Crippen LogP contribution in [0.3, 0.4) is 0 Å². The maximum atomic E-state index is 12.2. The lowest BCUT2D eigenvalue weighted by Gasteiger charge is -2.12. The Labute approximate surface area is 178 Å². The fraction of sp³-hybridized carbons (Fsp3) is 0.0455. The van der Waals surface area contributed by atoms with Gasteiger partial charge >= 0.3 is 0 Å².